The van der Waals surface area contributed by atoms with Crippen molar-refractivity contribution in [1.29, 1.82) is 0 Å². The number of rotatable bonds is 5. The van der Waals surface area contributed by atoms with Crippen molar-refractivity contribution in [2.75, 3.05) is 23.3 Å². The molecule has 5 rings (SSSR count). The summed E-state index contributed by atoms with van der Waals surface area (Å²) in [4.78, 5) is 25.1. The number of nitrogens with one attached hydrogen (secondary N) is 1. The summed E-state index contributed by atoms with van der Waals surface area (Å²) in [7, 11) is 0. The average molecular weight is 573 g/mol. The second-order valence-electron chi connectivity index (χ2n) is 9.32. The molecule has 4 heterocycles. The largest absolute Gasteiger partial charge is 0.476 e. The van der Waals surface area contributed by atoms with Gasteiger partial charge >= 0.3 is 18.3 Å². The predicted octanol–water partition coefficient (Wildman–Crippen LogP) is 6.13. The monoisotopic (exact) mass is 572 g/mol. The minimum absolute atomic E-state index is 0.0354. The first-order chi connectivity index (χ1) is 18.1. The summed E-state index contributed by atoms with van der Waals surface area (Å²) in [6, 6.07) is 5.45. The maximum absolute atomic E-state index is 13.6. The van der Waals surface area contributed by atoms with Crippen LogP contribution in [0.1, 0.15) is 40.3 Å². The number of anilines is 2. The highest BCUT2D eigenvalue weighted by Gasteiger charge is 2.48. The number of alkyl halides is 6. The topological polar surface area (TPSA) is 95.6 Å². The number of carboxylic acids is 1. The molecular weight excluding hydrogens is 554 g/mol. The van der Waals surface area contributed by atoms with Gasteiger partial charge in [0.1, 0.15) is 10.8 Å². The van der Waals surface area contributed by atoms with Crippen molar-refractivity contribution in [3.63, 3.8) is 0 Å². The number of halogens is 7. The van der Waals surface area contributed by atoms with Gasteiger partial charge in [0.15, 0.2) is 11.4 Å². The Balaban J connectivity index is 1.67. The highest BCUT2D eigenvalue weighted by atomic mass is 35.5. The van der Waals surface area contributed by atoms with E-state index in [1.807, 2.05) is 0 Å². The molecule has 0 bridgehead atoms. The molecule has 8 nitrogen and oxygen atoms in total. The van der Waals surface area contributed by atoms with E-state index >= 15 is 0 Å². The molecule has 1 aliphatic heterocycles. The summed E-state index contributed by atoms with van der Waals surface area (Å²) in [5.74, 6) is -3.09. The third-order valence-corrected chi connectivity index (χ3v) is 6.69. The third-order valence-electron chi connectivity index (χ3n) is 6.48. The van der Waals surface area contributed by atoms with E-state index in [4.69, 9.17) is 11.6 Å². The van der Waals surface area contributed by atoms with Crippen molar-refractivity contribution in [2.45, 2.75) is 32.2 Å². The first-order valence-corrected chi connectivity index (χ1v) is 11.9. The zero-order valence-corrected chi connectivity index (χ0v) is 20.9. The molecule has 1 atom stereocenters. The maximum atomic E-state index is 13.6. The van der Waals surface area contributed by atoms with Crippen LogP contribution in [0.5, 0.6) is 0 Å². The summed E-state index contributed by atoms with van der Waals surface area (Å²) in [6.07, 6.45) is -8.52. The van der Waals surface area contributed by atoms with Gasteiger partial charge < -0.3 is 15.3 Å². The summed E-state index contributed by atoms with van der Waals surface area (Å²) in [5.41, 5.74) is -0.225. The number of carboxylic acid groups (broad SMARTS) is 1. The number of carbonyl (C=O) groups is 1. The normalized spacial score (nSPS) is 15.6. The van der Waals surface area contributed by atoms with Gasteiger partial charge in [0.2, 0.25) is 5.95 Å². The molecule has 206 valence electrons. The minimum Gasteiger partial charge on any atom is -0.476 e. The molecule has 1 aliphatic rings. The Kier molecular flexibility index (Phi) is 6.28. The number of pyridine rings is 1. The molecule has 0 spiro atoms. The molecular formula is C24H19ClF6N6O2. The summed E-state index contributed by atoms with van der Waals surface area (Å²) < 4.78 is 81.4. The lowest BCUT2D eigenvalue weighted by Crippen LogP contribution is -2.54. The van der Waals surface area contributed by atoms with Crippen molar-refractivity contribution in [2.24, 2.45) is 5.92 Å². The van der Waals surface area contributed by atoms with Crippen LogP contribution >= 0.6 is 11.6 Å². The summed E-state index contributed by atoms with van der Waals surface area (Å²) in [5, 5.41) is 12.8. The maximum Gasteiger partial charge on any atom is 0.434 e. The molecule has 0 unspecified atom stereocenters. The summed E-state index contributed by atoms with van der Waals surface area (Å²) in [6.45, 7) is 2.45. The Hall–Kier alpha value is -3.81. The quantitative estimate of drug-likeness (QED) is 0.219. The summed E-state index contributed by atoms with van der Waals surface area (Å²) >= 11 is 5.83. The van der Waals surface area contributed by atoms with Gasteiger partial charge in [0.25, 0.3) is 0 Å². The molecule has 1 saturated heterocycles. The van der Waals surface area contributed by atoms with Gasteiger partial charge in [-0.2, -0.15) is 26.3 Å². The molecule has 0 radical (unpaired) electrons. The van der Waals surface area contributed by atoms with Gasteiger partial charge in [-0.3, -0.25) is 4.40 Å². The second kappa shape index (κ2) is 9.14. The highest BCUT2D eigenvalue weighted by Crippen LogP contribution is 2.39. The lowest BCUT2D eigenvalue weighted by Gasteiger charge is -2.40. The van der Waals surface area contributed by atoms with Crippen molar-refractivity contribution in [1.82, 2.24) is 19.4 Å². The number of aromatic nitrogens is 4. The zero-order valence-electron chi connectivity index (χ0n) is 20.2. The molecule has 1 aromatic carbocycles. The van der Waals surface area contributed by atoms with Crippen LogP contribution in [0, 0.1) is 12.8 Å². The van der Waals surface area contributed by atoms with Gasteiger partial charge in [-0.1, -0.05) is 17.7 Å². The fraction of sp³-hybridized carbons (Fsp3) is 0.333. The average Bonchev–Trinajstić information content (AvgIpc) is 3.25. The fourth-order valence-corrected chi connectivity index (χ4v) is 4.69. The SMILES string of the molecule is Cc1cc([C@@H](C)Nc2ccc(Cl)nc2C(=O)O)c2nc(N3CC(C(F)(F)F)C3)n3cc(C(F)(F)F)nc3c2c1. The van der Waals surface area contributed by atoms with E-state index in [0.29, 0.717) is 11.1 Å². The van der Waals surface area contributed by atoms with Crippen LogP contribution in [0.4, 0.5) is 38.0 Å². The number of fused-ring (bicyclic) bond motifs is 3. The van der Waals surface area contributed by atoms with Crippen LogP contribution in [-0.2, 0) is 6.18 Å². The number of aryl methyl sites for hydroxylation is 1. The van der Waals surface area contributed by atoms with Crippen LogP contribution in [0.25, 0.3) is 16.6 Å². The fourth-order valence-electron chi connectivity index (χ4n) is 4.54. The first kappa shape index (κ1) is 26.8. The van der Waals surface area contributed by atoms with E-state index in [1.165, 1.54) is 17.0 Å². The molecule has 15 heteroatoms. The van der Waals surface area contributed by atoms with Crippen LogP contribution < -0.4 is 10.2 Å². The zero-order chi connectivity index (χ0) is 28.4. The van der Waals surface area contributed by atoms with Crippen LogP contribution in [-0.4, -0.2) is 49.7 Å². The number of imidazole rings is 1. The second-order valence-corrected chi connectivity index (χ2v) is 9.71. The molecule has 0 aliphatic carbocycles. The number of hydrogen-bond acceptors (Lipinski definition) is 6. The van der Waals surface area contributed by atoms with E-state index in [9.17, 15) is 36.2 Å². The first-order valence-electron chi connectivity index (χ1n) is 11.5. The standard InChI is InChI=1S/C24H19ClF6N6O2/c1-10-5-13(11(2)32-15-3-4-17(25)34-19(15)21(38)39)18-14(6-10)20-33-16(24(29,30)31)9-37(20)22(35-18)36-7-12(8-36)23(26,27)28/h3-6,9,11-12,32H,7-8H2,1-2H3,(H,38,39)/t11-/m1/s1. The van der Waals surface area contributed by atoms with Gasteiger partial charge in [0.05, 0.1) is 23.2 Å². The van der Waals surface area contributed by atoms with Crippen molar-refractivity contribution >= 4 is 45.8 Å². The van der Waals surface area contributed by atoms with Gasteiger partial charge in [-0.25, -0.2) is 19.7 Å². The van der Waals surface area contributed by atoms with E-state index in [2.05, 4.69) is 20.3 Å². The van der Waals surface area contributed by atoms with Gasteiger partial charge in [0, 0.05) is 30.2 Å². The Bertz CT molecular complexity index is 1610. The smallest absolute Gasteiger partial charge is 0.434 e. The number of aromatic carboxylic acids is 1. The van der Waals surface area contributed by atoms with E-state index in [-0.39, 0.29) is 39.0 Å². The molecule has 39 heavy (non-hydrogen) atoms. The number of benzene rings is 1. The molecule has 3 aromatic heterocycles. The number of hydrogen-bond donors (Lipinski definition) is 2. The predicted molar refractivity (Wildman–Crippen MR) is 130 cm³/mol. The van der Waals surface area contributed by atoms with E-state index < -0.39 is 49.1 Å². The van der Waals surface area contributed by atoms with E-state index in [0.717, 1.165) is 10.6 Å². The Labute approximate surface area is 221 Å². The third kappa shape index (κ3) is 4.88. The van der Waals surface area contributed by atoms with Gasteiger partial charge in [-0.15, -0.1) is 0 Å². The van der Waals surface area contributed by atoms with Crippen LogP contribution in [0.2, 0.25) is 5.15 Å². The Morgan fingerprint density at radius 1 is 1.13 bits per heavy atom. The molecule has 0 amide bonds. The minimum atomic E-state index is -4.80. The molecule has 4 aromatic rings. The van der Waals surface area contributed by atoms with Crippen molar-refractivity contribution in [3.05, 3.63) is 58.1 Å². The molecule has 0 saturated carbocycles. The Morgan fingerprint density at radius 3 is 2.44 bits per heavy atom. The lowest BCUT2D eigenvalue weighted by atomic mass is 9.99. The highest BCUT2D eigenvalue weighted by molar-refractivity contribution is 6.29. The number of nitrogens with zero attached hydrogens (tertiary/aromatic N) is 5. The Morgan fingerprint density at radius 2 is 1.82 bits per heavy atom. The van der Waals surface area contributed by atoms with Crippen molar-refractivity contribution < 1.29 is 36.2 Å². The molecule has 2 N–H and O–H groups in total. The van der Waals surface area contributed by atoms with E-state index in [1.54, 1.807) is 26.0 Å². The van der Waals surface area contributed by atoms with Crippen molar-refractivity contribution in [3.8, 4) is 0 Å². The lowest BCUT2D eigenvalue weighted by molar-refractivity contribution is -0.180. The molecule has 1 fully saturated rings. The van der Waals surface area contributed by atoms with Crippen LogP contribution in [0.15, 0.2) is 30.5 Å². The van der Waals surface area contributed by atoms with Gasteiger partial charge in [-0.05, 0) is 37.6 Å². The van der Waals surface area contributed by atoms with Crippen LogP contribution in [0.3, 0.4) is 0 Å².